The summed E-state index contributed by atoms with van der Waals surface area (Å²) in [7, 11) is 0. The van der Waals surface area contributed by atoms with Crippen LogP contribution in [-0.2, 0) is 9.59 Å². The van der Waals surface area contributed by atoms with Crippen LogP contribution in [0.1, 0.15) is 48.0 Å². The number of carbonyl (C=O) groups excluding carboxylic acids is 2. The van der Waals surface area contributed by atoms with Crippen molar-refractivity contribution in [3.63, 3.8) is 0 Å². The highest BCUT2D eigenvalue weighted by Crippen LogP contribution is 1.98. The first kappa shape index (κ1) is 21.7. The Kier molecular flexibility index (Phi) is 9.21. The Balaban J connectivity index is 0. The van der Waals surface area contributed by atoms with Crippen molar-refractivity contribution < 1.29 is 14.8 Å². The molecule has 22 heavy (non-hydrogen) atoms. The van der Waals surface area contributed by atoms with Gasteiger partial charge in [-0.05, 0) is 41.5 Å². The van der Waals surface area contributed by atoms with E-state index in [4.69, 9.17) is 15.7 Å². The summed E-state index contributed by atoms with van der Waals surface area (Å²) in [6, 6.07) is 3.24. The molecule has 0 aliphatic rings. The molecular weight excluding hydrogens is 286 g/mol. The second-order valence-electron chi connectivity index (χ2n) is 6.40. The number of rotatable bonds is 2. The average molecular weight is 309 g/mol. The summed E-state index contributed by atoms with van der Waals surface area (Å²) in [5.41, 5.74) is -1.21. The molecule has 0 radical (unpaired) electrons. The van der Waals surface area contributed by atoms with Gasteiger partial charge in [-0.2, -0.15) is 10.5 Å². The van der Waals surface area contributed by atoms with Crippen LogP contribution in [0.25, 0.3) is 0 Å². The minimum Gasteiger partial charge on any atom is -0.410 e. The molecule has 0 atom stereocenters. The van der Waals surface area contributed by atoms with Gasteiger partial charge in [0.25, 0.3) is 5.91 Å². The standard InChI is InChI=1S/C7H11N3O2.C7H12N2O/c1-7(2,3)9-6(11)5(4-8)10-12;1-7(2,3)9-6(10)4-5-8/h12H,1-3H3,(H,9,11);4H2,1-3H3,(H,9,10)/b10-5+;. The van der Waals surface area contributed by atoms with E-state index in [2.05, 4.69) is 15.8 Å². The number of oxime groups is 1. The highest BCUT2D eigenvalue weighted by atomic mass is 16.4. The van der Waals surface area contributed by atoms with Crippen LogP contribution in [-0.4, -0.2) is 33.8 Å². The lowest BCUT2D eigenvalue weighted by Gasteiger charge is -2.19. The molecule has 0 aromatic carbocycles. The number of hydrogen-bond donors (Lipinski definition) is 3. The maximum Gasteiger partial charge on any atom is 0.284 e. The quantitative estimate of drug-likeness (QED) is 0.398. The highest BCUT2D eigenvalue weighted by molar-refractivity contribution is 6.45. The zero-order valence-electron chi connectivity index (χ0n) is 13.8. The molecule has 0 saturated heterocycles. The highest BCUT2D eigenvalue weighted by Gasteiger charge is 2.18. The first-order chi connectivity index (χ1) is 9.86. The maximum atomic E-state index is 11.0. The number of nitrogens with zero attached hydrogens (tertiary/aromatic N) is 3. The molecule has 0 bridgehead atoms. The number of nitriles is 2. The molecule has 0 saturated carbocycles. The lowest BCUT2D eigenvalue weighted by atomic mass is 10.1. The Hall–Kier alpha value is -2.61. The lowest BCUT2D eigenvalue weighted by Crippen LogP contribution is -2.43. The Morgan fingerprint density at radius 3 is 1.77 bits per heavy atom. The van der Waals surface area contributed by atoms with E-state index >= 15 is 0 Å². The van der Waals surface area contributed by atoms with Gasteiger partial charge in [-0.15, -0.1) is 0 Å². The van der Waals surface area contributed by atoms with Gasteiger partial charge in [0, 0.05) is 11.1 Å². The van der Waals surface area contributed by atoms with E-state index < -0.39 is 17.2 Å². The van der Waals surface area contributed by atoms with Crippen LogP contribution in [0.4, 0.5) is 0 Å². The van der Waals surface area contributed by atoms with Gasteiger partial charge in [-0.3, -0.25) is 9.59 Å². The summed E-state index contributed by atoms with van der Waals surface area (Å²) in [6.07, 6.45) is -0.0583. The van der Waals surface area contributed by atoms with Crippen molar-refractivity contribution >= 4 is 17.5 Å². The largest absolute Gasteiger partial charge is 0.410 e. The second-order valence-corrected chi connectivity index (χ2v) is 6.40. The number of amides is 2. The summed E-state index contributed by atoms with van der Waals surface area (Å²) in [5.74, 6) is -0.887. The third kappa shape index (κ3) is 13.8. The van der Waals surface area contributed by atoms with Crippen LogP contribution in [0, 0.1) is 22.7 Å². The lowest BCUT2D eigenvalue weighted by molar-refractivity contribution is -0.121. The molecule has 2 amide bonds. The van der Waals surface area contributed by atoms with Gasteiger partial charge in [0.05, 0.1) is 6.07 Å². The normalized spacial score (nSPS) is 11.2. The molecule has 122 valence electrons. The summed E-state index contributed by atoms with van der Waals surface area (Å²) < 4.78 is 0. The number of hydrogen-bond acceptors (Lipinski definition) is 6. The SMILES string of the molecule is CC(C)(C)NC(=O)/C(C#N)=N/O.CC(C)(C)NC(=O)CC#N. The van der Waals surface area contributed by atoms with E-state index in [1.54, 1.807) is 26.8 Å². The van der Waals surface area contributed by atoms with E-state index in [9.17, 15) is 9.59 Å². The van der Waals surface area contributed by atoms with Gasteiger partial charge in [-0.25, -0.2) is 0 Å². The third-order valence-electron chi connectivity index (χ3n) is 1.66. The zero-order chi connectivity index (χ0) is 18.0. The zero-order valence-corrected chi connectivity index (χ0v) is 13.8. The van der Waals surface area contributed by atoms with Gasteiger partial charge in [0.15, 0.2) is 0 Å². The molecule has 0 heterocycles. The molecular formula is C14H23N5O3. The molecule has 0 aliphatic heterocycles. The summed E-state index contributed by atoms with van der Waals surface area (Å²) in [5, 5.41) is 32.3. The van der Waals surface area contributed by atoms with E-state index in [0.717, 1.165) is 0 Å². The molecule has 0 rings (SSSR count). The fourth-order valence-electron chi connectivity index (χ4n) is 1.05. The van der Waals surface area contributed by atoms with Crippen LogP contribution >= 0.6 is 0 Å². The van der Waals surface area contributed by atoms with Crippen LogP contribution < -0.4 is 10.6 Å². The molecule has 8 nitrogen and oxygen atoms in total. The van der Waals surface area contributed by atoms with Crippen molar-refractivity contribution in [3.8, 4) is 12.1 Å². The summed E-state index contributed by atoms with van der Waals surface area (Å²) >= 11 is 0. The fourth-order valence-corrected chi connectivity index (χ4v) is 1.05. The van der Waals surface area contributed by atoms with E-state index in [1.807, 2.05) is 20.8 Å². The molecule has 0 fully saturated rings. The number of nitrogens with one attached hydrogen (secondary N) is 2. The van der Waals surface area contributed by atoms with Crippen molar-refractivity contribution in [3.05, 3.63) is 0 Å². The second kappa shape index (κ2) is 9.35. The van der Waals surface area contributed by atoms with Gasteiger partial charge in [0.2, 0.25) is 11.6 Å². The average Bonchev–Trinajstić information content (AvgIpc) is 2.26. The van der Waals surface area contributed by atoms with E-state index in [1.165, 1.54) is 6.07 Å². The monoisotopic (exact) mass is 309 g/mol. The van der Waals surface area contributed by atoms with Gasteiger partial charge in [0.1, 0.15) is 12.5 Å². The van der Waals surface area contributed by atoms with E-state index in [0.29, 0.717) is 0 Å². The predicted octanol–water partition coefficient (Wildman–Crippen LogP) is 1.07. The topological polar surface area (TPSA) is 138 Å². The molecule has 0 aromatic heterocycles. The van der Waals surface area contributed by atoms with E-state index in [-0.39, 0.29) is 17.9 Å². The van der Waals surface area contributed by atoms with Crippen LogP contribution in [0.3, 0.4) is 0 Å². The smallest absolute Gasteiger partial charge is 0.284 e. The van der Waals surface area contributed by atoms with Crippen molar-refractivity contribution in [2.24, 2.45) is 5.16 Å². The molecule has 3 N–H and O–H groups in total. The van der Waals surface area contributed by atoms with Gasteiger partial charge < -0.3 is 15.8 Å². The summed E-state index contributed by atoms with van der Waals surface area (Å²) in [6.45, 7) is 10.9. The minimum absolute atomic E-state index is 0.0583. The number of carbonyl (C=O) groups is 2. The first-order valence-corrected chi connectivity index (χ1v) is 6.49. The fraction of sp³-hybridized carbons (Fsp3) is 0.643. The predicted molar refractivity (Wildman–Crippen MR) is 80.9 cm³/mol. The molecule has 0 unspecified atom stereocenters. The third-order valence-corrected chi connectivity index (χ3v) is 1.66. The molecule has 0 aliphatic carbocycles. The minimum atomic E-state index is -0.674. The molecule has 0 aromatic rings. The summed E-state index contributed by atoms with van der Waals surface area (Å²) in [4.78, 5) is 21.7. The van der Waals surface area contributed by atoms with Crippen molar-refractivity contribution in [1.82, 2.24) is 10.6 Å². The Bertz CT molecular complexity index is 499. The van der Waals surface area contributed by atoms with Gasteiger partial charge >= 0.3 is 0 Å². The van der Waals surface area contributed by atoms with Crippen molar-refractivity contribution in [2.45, 2.75) is 59.0 Å². The Labute approximate surface area is 130 Å². The Morgan fingerprint density at radius 2 is 1.50 bits per heavy atom. The molecule has 8 heteroatoms. The Morgan fingerprint density at radius 1 is 1.05 bits per heavy atom. The first-order valence-electron chi connectivity index (χ1n) is 6.49. The maximum absolute atomic E-state index is 11.0. The van der Waals surface area contributed by atoms with Crippen LogP contribution in [0.15, 0.2) is 5.16 Å². The van der Waals surface area contributed by atoms with Crippen molar-refractivity contribution in [2.75, 3.05) is 0 Å². The van der Waals surface area contributed by atoms with Crippen LogP contribution in [0.2, 0.25) is 0 Å². The van der Waals surface area contributed by atoms with Crippen LogP contribution in [0.5, 0.6) is 0 Å². The van der Waals surface area contributed by atoms with Crippen molar-refractivity contribution in [1.29, 1.82) is 10.5 Å². The van der Waals surface area contributed by atoms with Gasteiger partial charge in [-0.1, -0.05) is 5.16 Å². The molecule has 0 spiro atoms.